The summed E-state index contributed by atoms with van der Waals surface area (Å²) in [6.45, 7) is 3.87. The smallest absolute Gasteiger partial charge is 0.295 e. The molecule has 0 radical (unpaired) electrons. The number of nitrogens with zero attached hydrogens (tertiary/aromatic N) is 3. The summed E-state index contributed by atoms with van der Waals surface area (Å²) in [4.78, 5) is 40.7. The molecule has 0 bridgehead atoms. The molecule has 2 saturated heterocycles. The minimum absolute atomic E-state index is 0.0907. The Morgan fingerprint density at radius 1 is 1.14 bits per heavy atom. The zero-order valence-corrected chi connectivity index (χ0v) is 19.4. The van der Waals surface area contributed by atoms with Crippen LogP contribution in [0, 0.1) is 10.1 Å². The highest BCUT2D eigenvalue weighted by Gasteiger charge is 2.46. The average Bonchev–Trinajstić information content (AvgIpc) is 3.14. The Bertz CT molecular complexity index is 1140. The second-order valence-corrected chi connectivity index (χ2v) is 8.38. The zero-order chi connectivity index (χ0) is 24.9. The molecule has 35 heavy (non-hydrogen) atoms. The van der Waals surface area contributed by atoms with Crippen LogP contribution in [-0.4, -0.2) is 78.0 Å². The van der Waals surface area contributed by atoms with Crippen molar-refractivity contribution < 1.29 is 29.1 Å². The van der Waals surface area contributed by atoms with Gasteiger partial charge < -0.3 is 19.5 Å². The molecule has 1 N–H and O–H groups in total. The number of likely N-dealkylation sites (tertiary alicyclic amines) is 1. The molecule has 2 aromatic rings. The summed E-state index contributed by atoms with van der Waals surface area (Å²) >= 11 is 0. The molecule has 0 aliphatic carbocycles. The van der Waals surface area contributed by atoms with Gasteiger partial charge in [-0.3, -0.25) is 24.6 Å². The maximum absolute atomic E-state index is 13.1. The molecule has 0 saturated carbocycles. The van der Waals surface area contributed by atoms with E-state index in [0.29, 0.717) is 43.1 Å². The lowest BCUT2D eigenvalue weighted by Crippen LogP contribution is -2.39. The predicted molar refractivity (Wildman–Crippen MR) is 127 cm³/mol. The van der Waals surface area contributed by atoms with E-state index in [1.165, 1.54) is 30.2 Å². The zero-order valence-electron chi connectivity index (χ0n) is 19.4. The van der Waals surface area contributed by atoms with E-state index in [4.69, 9.17) is 9.47 Å². The standard InChI is InChI=1S/C25H27N3O7/c1-34-20-8-6-17(7-9-20)23(29)21-22(18-4-2-5-19(16-18)28(32)33)27(25(31)24(21)30)11-3-10-26-12-14-35-15-13-26/h2,4-9,16,22,29H,3,10-15H2,1H3/b23-21+/t22-/m0/s1. The van der Waals surface area contributed by atoms with Crippen molar-refractivity contribution in [3.8, 4) is 5.75 Å². The third-order valence-corrected chi connectivity index (χ3v) is 6.28. The van der Waals surface area contributed by atoms with Crippen molar-refractivity contribution >= 4 is 23.1 Å². The molecule has 2 aliphatic heterocycles. The van der Waals surface area contributed by atoms with E-state index >= 15 is 0 Å². The molecule has 10 heteroatoms. The number of nitro groups is 1. The number of methoxy groups -OCH3 is 1. The number of ketones is 1. The molecular weight excluding hydrogens is 454 g/mol. The van der Waals surface area contributed by atoms with Crippen LogP contribution in [0.5, 0.6) is 5.75 Å². The number of Topliss-reactive ketones (excluding diaryl/α,β-unsaturated/α-hetero) is 1. The molecule has 4 rings (SSSR count). The van der Waals surface area contributed by atoms with Crippen LogP contribution in [0.15, 0.2) is 54.1 Å². The molecule has 0 spiro atoms. The van der Waals surface area contributed by atoms with Crippen molar-refractivity contribution in [2.24, 2.45) is 0 Å². The van der Waals surface area contributed by atoms with Crippen molar-refractivity contribution in [2.75, 3.05) is 46.5 Å². The van der Waals surface area contributed by atoms with Gasteiger partial charge in [0.15, 0.2) is 0 Å². The van der Waals surface area contributed by atoms with E-state index in [0.717, 1.165) is 13.1 Å². The Kier molecular flexibility index (Phi) is 7.42. The van der Waals surface area contributed by atoms with Gasteiger partial charge >= 0.3 is 0 Å². The first kappa shape index (κ1) is 24.4. The van der Waals surface area contributed by atoms with Gasteiger partial charge in [-0.1, -0.05) is 12.1 Å². The van der Waals surface area contributed by atoms with Crippen molar-refractivity contribution in [2.45, 2.75) is 12.5 Å². The second kappa shape index (κ2) is 10.7. The van der Waals surface area contributed by atoms with Crippen molar-refractivity contribution in [1.82, 2.24) is 9.80 Å². The van der Waals surface area contributed by atoms with Crippen LogP contribution in [-0.2, 0) is 14.3 Å². The van der Waals surface area contributed by atoms with Crippen molar-refractivity contribution in [3.05, 3.63) is 75.3 Å². The largest absolute Gasteiger partial charge is 0.507 e. The Morgan fingerprint density at radius 2 is 1.86 bits per heavy atom. The minimum Gasteiger partial charge on any atom is -0.507 e. The lowest BCUT2D eigenvalue weighted by Gasteiger charge is -2.29. The molecule has 2 aliphatic rings. The molecule has 0 aromatic heterocycles. The molecule has 10 nitrogen and oxygen atoms in total. The lowest BCUT2D eigenvalue weighted by molar-refractivity contribution is -0.384. The highest BCUT2D eigenvalue weighted by atomic mass is 16.6. The fourth-order valence-corrected chi connectivity index (χ4v) is 4.46. The number of aliphatic hydroxyl groups excluding tert-OH is 1. The number of rotatable bonds is 8. The number of non-ortho nitro benzene ring substituents is 1. The predicted octanol–water partition coefficient (Wildman–Crippen LogP) is 2.75. The SMILES string of the molecule is COc1ccc(/C(O)=C2\C(=O)C(=O)N(CCCN3CCOCC3)[C@H]2c2cccc([N+](=O)[O-])c2)cc1. The fraction of sp³-hybridized carbons (Fsp3) is 0.360. The summed E-state index contributed by atoms with van der Waals surface area (Å²) in [7, 11) is 1.51. The number of nitro benzene ring substituents is 1. The van der Waals surface area contributed by atoms with Gasteiger partial charge in [0.2, 0.25) is 0 Å². The van der Waals surface area contributed by atoms with Gasteiger partial charge in [-0.2, -0.15) is 0 Å². The Hall–Kier alpha value is -3.76. The Labute approximate surface area is 202 Å². The van der Waals surface area contributed by atoms with E-state index in [2.05, 4.69) is 4.90 Å². The number of carbonyl (C=O) groups excluding carboxylic acids is 2. The third kappa shape index (κ3) is 5.18. The minimum atomic E-state index is -0.943. The summed E-state index contributed by atoms with van der Waals surface area (Å²) in [6.07, 6.45) is 0.598. The highest BCUT2D eigenvalue weighted by molar-refractivity contribution is 6.46. The monoisotopic (exact) mass is 481 g/mol. The first-order chi connectivity index (χ1) is 16.9. The maximum atomic E-state index is 13.1. The first-order valence-electron chi connectivity index (χ1n) is 11.4. The average molecular weight is 482 g/mol. The summed E-state index contributed by atoms with van der Waals surface area (Å²) in [5.41, 5.74) is 0.477. The molecule has 0 unspecified atom stereocenters. The molecule has 1 amide bonds. The summed E-state index contributed by atoms with van der Waals surface area (Å²) in [5.74, 6) is -1.32. The van der Waals surface area contributed by atoms with Crippen LogP contribution in [0.1, 0.15) is 23.6 Å². The van der Waals surface area contributed by atoms with Crippen LogP contribution < -0.4 is 4.74 Å². The summed E-state index contributed by atoms with van der Waals surface area (Å²) < 4.78 is 10.5. The topological polar surface area (TPSA) is 122 Å². The fourth-order valence-electron chi connectivity index (χ4n) is 4.46. The van der Waals surface area contributed by atoms with Crippen LogP contribution in [0.25, 0.3) is 5.76 Å². The first-order valence-corrected chi connectivity index (χ1v) is 11.4. The van der Waals surface area contributed by atoms with Crippen LogP contribution in [0.4, 0.5) is 5.69 Å². The van der Waals surface area contributed by atoms with E-state index in [-0.39, 0.29) is 23.6 Å². The highest BCUT2D eigenvalue weighted by Crippen LogP contribution is 2.40. The molecule has 2 fully saturated rings. The number of amides is 1. The number of benzene rings is 2. The number of morpholine rings is 1. The van der Waals surface area contributed by atoms with E-state index in [1.807, 2.05) is 0 Å². The Morgan fingerprint density at radius 3 is 2.51 bits per heavy atom. The number of hydrogen-bond donors (Lipinski definition) is 1. The third-order valence-electron chi connectivity index (χ3n) is 6.28. The van der Waals surface area contributed by atoms with Gasteiger partial charge in [-0.25, -0.2) is 0 Å². The van der Waals surface area contributed by atoms with Crippen LogP contribution >= 0.6 is 0 Å². The van der Waals surface area contributed by atoms with Crippen molar-refractivity contribution in [3.63, 3.8) is 0 Å². The van der Waals surface area contributed by atoms with E-state index in [9.17, 15) is 24.8 Å². The van der Waals surface area contributed by atoms with E-state index < -0.39 is 22.7 Å². The van der Waals surface area contributed by atoms with Gasteiger partial charge in [0.1, 0.15) is 11.5 Å². The number of aliphatic hydroxyl groups is 1. The number of carbonyl (C=O) groups is 2. The van der Waals surface area contributed by atoms with Crippen LogP contribution in [0.2, 0.25) is 0 Å². The molecule has 2 heterocycles. The molecule has 184 valence electrons. The summed E-state index contributed by atoms with van der Waals surface area (Å²) in [6, 6.07) is 11.3. The van der Waals surface area contributed by atoms with Crippen LogP contribution in [0.3, 0.4) is 0 Å². The van der Waals surface area contributed by atoms with Gasteiger partial charge in [0.25, 0.3) is 17.4 Å². The Balaban J connectivity index is 1.70. The number of ether oxygens (including phenoxy) is 2. The second-order valence-electron chi connectivity index (χ2n) is 8.38. The van der Waals surface area contributed by atoms with Crippen molar-refractivity contribution in [1.29, 1.82) is 0 Å². The number of hydrogen-bond acceptors (Lipinski definition) is 8. The molecule has 2 aromatic carbocycles. The van der Waals surface area contributed by atoms with Gasteiger partial charge in [0.05, 0.1) is 36.9 Å². The van der Waals surface area contributed by atoms with E-state index in [1.54, 1.807) is 30.3 Å². The van der Waals surface area contributed by atoms with Gasteiger partial charge in [0, 0.05) is 43.9 Å². The quantitative estimate of drug-likeness (QED) is 0.201. The maximum Gasteiger partial charge on any atom is 0.295 e. The van der Waals surface area contributed by atoms with Gasteiger partial charge in [-0.05, 0) is 36.2 Å². The van der Waals surface area contributed by atoms with Gasteiger partial charge in [-0.15, -0.1) is 0 Å². The lowest BCUT2D eigenvalue weighted by atomic mass is 9.95. The normalized spacial score (nSPS) is 20.3. The molecular formula is C25H27N3O7. The summed E-state index contributed by atoms with van der Waals surface area (Å²) in [5, 5.41) is 22.5. The molecule has 1 atom stereocenters.